The van der Waals surface area contributed by atoms with Crippen molar-refractivity contribution in [3.63, 3.8) is 0 Å². The van der Waals surface area contributed by atoms with E-state index in [0.29, 0.717) is 13.0 Å². The summed E-state index contributed by atoms with van der Waals surface area (Å²) in [5, 5.41) is 16.1. The van der Waals surface area contributed by atoms with Crippen molar-refractivity contribution in [2.24, 2.45) is 5.41 Å². The van der Waals surface area contributed by atoms with E-state index in [1.807, 2.05) is 13.0 Å². The molecule has 1 aromatic heterocycles. The fraction of sp³-hybridized carbons (Fsp3) is 0.667. The van der Waals surface area contributed by atoms with E-state index < -0.39 is 17.7 Å². The lowest BCUT2D eigenvalue weighted by atomic mass is 9.68. The van der Waals surface area contributed by atoms with Gasteiger partial charge in [0.2, 0.25) is 0 Å². The number of rotatable bonds is 4. The van der Waals surface area contributed by atoms with Gasteiger partial charge in [0.05, 0.1) is 5.69 Å². The Bertz CT molecular complexity index is 533. The van der Waals surface area contributed by atoms with Crippen LogP contribution in [0.2, 0.25) is 0 Å². The lowest BCUT2D eigenvalue weighted by Gasteiger charge is -2.47. The van der Waals surface area contributed by atoms with E-state index in [1.54, 1.807) is 6.20 Å². The molecule has 2 fully saturated rings. The molecule has 22 heavy (non-hydrogen) atoms. The van der Waals surface area contributed by atoms with E-state index in [4.69, 9.17) is 4.74 Å². The molecule has 0 aromatic carbocycles. The number of ether oxygens (including phenoxy) is 1. The fourth-order valence-corrected chi connectivity index (χ4v) is 3.92. The summed E-state index contributed by atoms with van der Waals surface area (Å²) in [6.45, 7) is 4.12. The maximum Gasteiger partial charge on any atom is 0.320 e. The van der Waals surface area contributed by atoms with Gasteiger partial charge in [-0.15, -0.1) is 0 Å². The third-order valence-electron chi connectivity index (χ3n) is 4.88. The molecule has 7 heteroatoms. The first-order valence-electron chi connectivity index (χ1n) is 7.75. The van der Waals surface area contributed by atoms with Gasteiger partial charge in [-0.25, -0.2) is 9.97 Å². The van der Waals surface area contributed by atoms with Crippen molar-refractivity contribution in [1.29, 1.82) is 0 Å². The minimum absolute atomic E-state index is 0.272. The van der Waals surface area contributed by atoms with Crippen LogP contribution in [-0.2, 0) is 15.3 Å². The van der Waals surface area contributed by atoms with Crippen LogP contribution in [0.4, 0.5) is 0 Å². The summed E-state index contributed by atoms with van der Waals surface area (Å²) in [7, 11) is 0. The van der Waals surface area contributed by atoms with E-state index in [0.717, 1.165) is 31.6 Å². The smallest absolute Gasteiger partial charge is 0.320 e. The van der Waals surface area contributed by atoms with Crippen LogP contribution in [0, 0.1) is 5.41 Å². The molecule has 2 aliphatic heterocycles. The fourth-order valence-electron chi connectivity index (χ4n) is 3.92. The average Bonchev–Trinajstić information content (AvgIpc) is 2.85. The van der Waals surface area contributed by atoms with Gasteiger partial charge in [-0.2, -0.15) is 0 Å². The molecule has 7 nitrogen and oxygen atoms in total. The van der Waals surface area contributed by atoms with Crippen LogP contribution in [0.3, 0.4) is 0 Å². The van der Waals surface area contributed by atoms with Gasteiger partial charge in [0.25, 0.3) is 0 Å². The predicted octanol–water partition coefficient (Wildman–Crippen LogP) is 0.482. The van der Waals surface area contributed by atoms with Gasteiger partial charge in [-0.1, -0.05) is 0 Å². The van der Waals surface area contributed by atoms with E-state index in [-0.39, 0.29) is 5.41 Å². The molecular formula is C15H22N4O3. The van der Waals surface area contributed by atoms with Gasteiger partial charge in [0.1, 0.15) is 12.4 Å². The van der Waals surface area contributed by atoms with Crippen molar-refractivity contribution in [1.82, 2.24) is 20.6 Å². The Morgan fingerprint density at radius 3 is 2.86 bits per heavy atom. The quantitative estimate of drug-likeness (QED) is 0.744. The van der Waals surface area contributed by atoms with Crippen molar-refractivity contribution in [3.8, 4) is 0 Å². The van der Waals surface area contributed by atoms with Crippen LogP contribution >= 0.6 is 0 Å². The number of nitrogens with one attached hydrogen (secondary N) is 2. The highest BCUT2D eigenvalue weighted by Gasteiger charge is 2.62. The second-order valence-electron chi connectivity index (χ2n) is 5.98. The maximum absolute atomic E-state index is 11.6. The summed E-state index contributed by atoms with van der Waals surface area (Å²) in [6.07, 6.45) is 5.42. The van der Waals surface area contributed by atoms with Gasteiger partial charge >= 0.3 is 5.97 Å². The van der Waals surface area contributed by atoms with Crippen molar-refractivity contribution < 1.29 is 14.6 Å². The Labute approximate surface area is 129 Å². The van der Waals surface area contributed by atoms with Crippen molar-refractivity contribution in [3.05, 3.63) is 24.3 Å². The van der Waals surface area contributed by atoms with Crippen LogP contribution < -0.4 is 10.6 Å². The normalized spacial score (nSPS) is 30.5. The summed E-state index contributed by atoms with van der Waals surface area (Å²) in [5.41, 5.74) is -0.420. The van der Waals surface area contributed by atoms with Gasteiger partial charge in [0, 0.05) is 18.2 Å². The lowest BCUT2D eigenvalue weighted by Crippen LogP contribution is -2.56. The Hall–Kier alpha value is -1.57. The van der Waals surface area contributed by atoms with Gasteiger partial charge in [-0.05, 0) is 45.3 Å². The third kappa shape index (κ3) is 2.29. The molecule has 2 atom stereocenters. The van der Waals surface area contributed by atoms with Gasteiger partial charge in [0.15, 0.2) is 5.72 Å². The number of carbonyl (C=O) groups is 1. The van der Waals surface area contributed by atoms with Crippen LogP contribution in [0.5, 0.6) is 0 Å². The highest BCUT2D eigenvalue weighted by Crippen LogP contribution is 2.54. The predicted molar refractivity (Wildman–Crippen MR) is 79.0 cm³/mol. The molecule has 0 aliphatic carbocycles. The average molecular weight is 306 g/mol. The second-order valence-corrected chi connectivity index (χ2v) is 5.98. The van der Waals surface area contributed by atoms with E-state index in [9.17, 15) is 9.90 Å². The minimum atomic E-state index is -0.865. The first-order valence-corrected chi connectivity index (χ1v) is 7.75. The number of piperidine rings is 1. The molecule has 2 saturated heterocycles. The number of aliphatic carboxylic acids is 1. The van der Waals surface area contributed by atoms with E-state index >= 15 is 0 Å². The first-order chi connectivity index (χ1) is 10.6. The molecule has 3 N–H and O–H groups in total. The summed E-state index contributed by atoms with van der Waals surface area (Å²) >= 11 is 0. The summed E-state index contributed by atoms with van der Waals surface area (Å²) in [5.74, 6) is -0.839. The van der Waals surface area contributed by atoms with Crippen LogP contribution in [-0.4, -0.2) is 46.8 Å². The standard InChI is InChI=1S/C15H22N4O3/c1-2-22-15(12-3-6-17-10-18-12)14(4-7-16-8-5-14)9-11(19-15)13(20)21/h3,6,10-11,16,19H,2,4-5,7-9H2,1H3,(H,20,21). The largest absolute Gasteiger partial charge is 0.480 e. The first kappa shape index (κ1) is 15.3. The molecule has 0 radical (unpaired) electrons. The molecule has 3 rings (SSSR count). The molecule has 2 aliphatic rings. The zero-order valence-electron chi connectivity index (χ0n) is 12.7. The molecule has 3 heterocycles. The molecule has 1 aromatic rings. The second kappa shape index (κ2) is 5.91. The van der Waals surface area contributed by atoms with E-state index in [2.05, 4.69) is 20.6 Å². The molecule has 0 saturated carbocycles. The highest BCUT2D eigenvalue weighted by atomic mass is 16.5. The minimum Gasteiger partial charge on any atom is -0.480 e. The number of hydrogen-bond acceptors (Lipinski definition) is 6. The zero-order valence-corrected chi connectivity index (χ0v) is 12.7. The SMILES string of the molecule is CCOC1(c2ccncn2)NC(C(=O)O)CC12CCNCC2. The zero-order chi connectivity index (χ0) is 15.6. The van der Waals surface area contributed by atoms with Crippen molar-refractivity contribution >= 4 is 5.97 Å². The van der Waals surface area contributed by atoms with Crippen LogP contribution in [0.1, 0.15) is 31.9 Å². The van der Waals surface area contributed by atoms with Crippen molar-refractivity contribution in [2.45, 2.75) is 38.0 Å². The third-order valence-corrected chi connectivity index (χ3v) is 4.88. The molecule has 2 unspecified atom stereocenters. The van der Waals surface area contributed by atoms with Crippen molar-refractivity contribution in [2.75, 3.05) is 19.7 Å². The lowest BCUT2D eigenvalue weighted by molar-refractivity contribution is -0.153. The number of nitrogens with zero attached hydrogens (tertiary/aromatic N) is 2. The molecular weight excluding hydrogens is 284 g/mol. The summed E-state index contributed by atoms with van der Waals surface area (Å²) in [4.78, 5) is 19.9. The van der Waals surface area contributed by atoms with Crippen LogP contribution in [0.25, 0.3) is 0 Å². The maximum atomic E-state index is 11.6. The molecule has 0 amide bonds. The number of hydrogen-bond donors (Lipinski definition) is 3. The highest BCUT2D eigenvalue weighted by molar-refractivity contribution is 5.74. The molecule has 120 valence electrons. The van der Waals surface area contributed by atoms with Gasteiger partial charge < -0.3 is 15.2 Å². The molecule has 0 bridgehead atoms. The number of carboxylic acids is 1. The Morgan fingerprint density at radius 2 is 2.27 bits per heavy atom. The Kier molecular flexibility index (Phi) is 4.12. The topological polar surface area (TPSA) is 96.4 Å². The Balaban J connectivity index is 2.09. The summed E-state index contributed by atoms with van der Waals surface area (Å²) < 4.78 is 6.16. The van der Waals surface area contributed by atoms with E-state index in [1.165, 1.54) is 6.33 Å². The molecule has 1 spiro atoms. The summed E-state index contributed by atoms with van der Waals surface area (Å²) in [6, 6.07) is 1.19. The van der Waals surface area contributed by atoms with Gasteiger partial charge in [-0.3, -0.25) is 10.1 Å². The van der Waals surface area contributed by atoms with Crippen LogP contribution in [0.15, 0.2) is 18.6 Å². The monoisotopic (exact) mass is 306 g/mol. The Morgan fingerprint density at radius 1 is 1.50 bits per heavy atom. The number of carboxylic acid groups (broad SMARTS) is 1. The number of aromatic nitrogens is 2.